The van der Waals surface area contributed by atoms with Crippen LogP contribution in [-0.4, -0.2) is 41.4 Å². The third-order valence-electron chi connectivity index (χ3n) is 5.63. The zero-order valence-electron chi connectivity index (χ0n) is 12.2. The van der Waals surface area contributed by atoms with Gasteiger partial charge in [-0.2, -0.15) is 0 Å². The maximum Gasteiger partial charge on any atom is 0.0515 e. The van der Waals surface area contributed by atoms with E-state index in [1.54, 1.807) is 0 Å². The lowest BCUT2D eigenvalue weighted by Crippen LogP contribution is -2.31. The summed E-state index contributed by atoms with van der Waals surface area (Å²) in [5.74, 6) is 0.968. The van der Waals surface area contributed by atoms with Crippen molar-refractivity contribution in [2.75, 3.05) is 26.3 Å². The van der Waals surface area contributed by atoms with Crippen LogP contribution in [0.2, 0.25) is 0 Å². The Kier molecular flexibility index (Phi) is 3.12. The van der Waals surface area contributed by atoms with Crippen molar-refractivity contribution in [2.24, 2.45) is 17.3 Å². The van der Waals surface area contributed by atoms with Gasteiger partial charge >= 0.3 is 0 Å². The second-order valence-electron chi connectivity index (χ2n) is 6.59. The number of aliphatic hydroxyl groups excluding tert-OH is 2. The number of hydrogen-bond acceptors (Lipinski definition) is 4. The van der Waals surface area contributed by atoms with E-state index in [-0.39, 0.29) is 18.6 Å². The monoisotopic (exact) mass is 303 g/mol. The molecule has 2 aliphatic rings. The molecule has 1 aromatic heterocycles. The van der Waals surface area contributed by atoms with Crippen LogP contribution in [0.1, 0.15) is 10.4 Å². The molecule has 4 heteroatoms. The molecular formula is C17H21NO2S. The number of aliphatic hydroxyl groups is 2. The molecule has 112 valence electrons. The first-order chi connectivity index (χ1) is 10.2. The van der Waals surface area contributed by atoms with Gasteiger partial charge in [-0.1, -0.05) is 18.2 Å². The van der Waals surface area contributed by atoms with Crippen molar-refractivity contribution in [3.63, 3.8) is 0 Å². The van der Waals surface area contributed by atoms with Crippen LogP contribution in [0.15, 0.2) is 24.3 Å². The van der Waals surface area contributed by atoms with E-state index in [2.05, 4.69) is 36.1 Å². The number of benzene rings is 1. The summed E-state index contributed by atoms with van der Waals surface area (Å²) in [7, 11) is 0. The average molecular weight is 303 g/mol. The zero-order valence-corrected chi connectivity index (χ0v) is 13.1. The van der Waals surface area contributed by atoms with Gasteiger partial charge in [-0.25, -0.2) is 0 Å². The van der Waals surface area contributed by atoms with Gasteiger partial charge in [0.25, 0.3) is 0 Å². The van der Waals surface area contributed by atoms with Gasteiger partial charge in [0.1, 0.15) is 0 Å². The average Bonchev–Trinajstić information content (AvgIpc) is 2.79. The molecule has 0 bridgehead atoms. The molecule has 1 aromatic carbocycles. The van der Waals surface area contributed by atoms with E-state index >= 15 is 0 Å². The summed E-state index contributed by atoms with van der Waals surface area (Å²) < 4.78 is 1.37. The first kappa shape index (κ1) is 13.7. The lowest BCUT2D eigenvalue weighted by atomic mass is 10.0. The molecule has 1 aliphatic carbocycles. The van der Waals surface area contributed by atoms with Gasteiger partial charge in [0.2, 0.25) is 0 Å². The molecule has 0 amide bonds. The molecule has 2 fully saturated rings. The van der Waals surface area contributed by atoms with Crippen LogP contribution in [0, 0.1) is 24.2 Å². The summed E-state index contributed by atoms with van der Waals surface area (Å²) in [4.78, 5) is 3.90. The molecule has 1 aliphatic heterocycles. The number of thiophene rings is 1. The summed E-state index contributed by atoms with van der Waals surface area (Å²) in [6.07, 6.45) is 0. The first-order valence-electron chi connectivity index (χ1n) is 7.60. The highest BCUT2D eigenvalue weighted by molar-refractivity contribution is 7.19. The van der Waals surface area contributed by atoms with Crippen molar-refractivity contribution in [3.8, 4) is 0 Å². The number of nitrogens with zero attached hydrogens (tertiary/aromatic N) is 1. The summed E-state index contributed by atoms with van der Waals surface area (Å²) in [6.45, 7) is 5.49. The highest BCUT2D eigenvalue weighted by Gasteiger charge is 2.67. The quantitative estimate of drug-likeness (QED) is 0.910. The predicted octanol–water partition coefficient (Wildman–Crippen LogP) is 2.24. The first-order valence-corrected chi connectivity index (χ1v) is 8.42. The van der Waals surface area contributed by atoms with E-state index in [0.717, 1.165) is 19.6 Å². The molecule has 21 heavy (non-hydrogen) atoms. The maximum atomic E-state index is 9.51. The highest BCUT2D eigenvalue weighted by Crippen LogP contribution is 2.62. The van der Waals surface area contributed by atoms with E-state index in [1.165, 1.54) is 20.5 Å². The summed E-state index contributed by atoms with van der Waals surface area (Å²) in [6, 6.07) is 8.63. The van der Waals surface area contributed by atoms with E-state index in [1.807, 2.05) is 11.3 Å². The minimum absolute atomic E-state index is 0.132. The molecule has 0 spiro atoms. The van der Waals surface area contributed by atoms with Crippen LogP contribution in [0.3, 0.4) is 0 Å². The minimum Gasteiger partial charge on any atom is -0.396 e. The Balaban J connectivity index is 1.52. The normalized spacial score (nSPS) is 27.2. The number of rotatable bonds is 4. The molecule has 2 aromatic rings. The van der Waals surface area contributed by atoms with E-state index in [9.17, 15) is 10.2 Å². The Bertz CT molecular complexity index is 662. The Morgan fingerprint density at radius 2 is 1.86 bits per heavy atom. The molecule has 2 N–H and O–H groups in total. The third kappa shape index (κ3) is 1.90. The fraction of sp³-hybridized carbons (Fsp3) is 0.529. The van der Waals surface area contributed by atoms with Crippen LogP contribution in [0.4, 0.5) is 0 Å². The highest BCUT2D eigenvalue weighted by atomic mass is 32.1. The lowest BCUT2D eigenvalue weighted by molar-refractivity contribution is 0.0869. The SMILES string of the molecule is Cc1sc2ccccc2c1CN1CC2C(C1)C2(CO)CO. The van der Waals surface area contributed by atoms with Crippen LogP contribution < -0.4 is 0 Å². The van der Waals surface area contributed by atoms with Crippen molar-refractivity contribution in [1.29, 1.82) is 0 Å². The van der Waals surface area contributed by atoms with Gasteiger partial charge in [-0.05, 0) is 35.8 Å². The molecule has 3 nitrogen and oxygen atoms in total. The number of piperidine rings is 1. The fourth-order valence-electron chi connectivity index (χ4n) is 4.21. The van der Waals surface area contributed by atoms with Gasteiger partial charge in [0.05, 0.1) is 13.2 Å². The van der Waals surface area contributed by atoms with E-state index < -0.39 is 0 Å². The Hall–Kier alpha value is -0.940. The predicted molar refractivity (Wildman–Crippen MR) is 85.4 cm³/mol. The maximum absolute atomic E-state index is 9.51. The van der Waals surface area contributed by atoms with Crippen LogP contribution in [0.5, 0.6) is 0 Å². The summed E-state index contributed by atoms with van der Waals surface area (Å²) in [5, 5.41) is 20.4. The van der Waals surface area contributed by atoms with Gasteiger partial charge in [0, 0.05) is 34.6 Å². The van der Waals surface area contributed by atoms with Gasteiger partial charge in [-0.15, -0.1) is 11.3 Å². The zero-order chi connectivity index (χ0) is 14.6. The van der Waals surface area contributed by atoms with Crippen LogP contribution in [0.25, 0.3) is 10.1 Å². The third-order valence-corrected chi connectivity index (χ3v) is 6.76. The Morgan fingerprint density at radius 1 is 1.19 bits per heavy atom. The second kappa shape index (κ2) is 4.78. The van der Waals surface area contributed by atoms with Crippen LogP contribution >= 0.6 is 11.3 Å². The van der Waals surface area contributed by atoms with E-state index in [4.69, 9.17) is 0 Å². The topological polar surface area (TPSA) is 43.7 Å². The Morgan fingerprint density at radius 3 is 2.52 bits per heavy atom. The van der Waals surface area contributed by atoms with Crippen molar-refractivity contribution < 1.29 is 10.2 Å². The molecule has 1 saturated carbocycles. The van der Waals surface area contributed by atoms with Crippen molar-refractivity contribution in [1.82, 2.24) is 4.90 Å². The van der Waals surface area contributed by atoms with Crippen molar-refractivity contribution >= 4 is 21.4 Å². The molecule has 2 heterocycles. The standard InChI is InChI=1S/C17H21NO2S/c1-11-13(12-4-2-3-5-16(12)21-11)6-18-7-14-15(8-18)17(14,9-19)10-20/h2-5,14-15,19-20H,6-10H2,1H3. The van der Waals surface area contributed by atoms with Gasteiger partial charge in [-0.3, -0.25) is 4.90 Å². The fourth-order valence-corrected chi connectivity index (χ4v) is 5.28. The minimum atomic E-state index is -0.178. The van der Waals surface area contributed by atoms with Crippen molar-refractivity contribution in [2.45, 2.75) is 13.5 Å². The van der Waals surface area contributed by atoms with E-state index in [0.29, 0.717) is 11.8 Å². The molecule has 0 radical (unpaired) electrons. The largest absolute Gasteiger partial charge is 0.396 e. The smallest absolute Gasteiger partial charge is 0.0515 e. The summed E-state index contributed by atoms with van der Waals surface area (Å²) in [5.41, 5.74) is 1.28. The molecular weight excluding hydrogens is 282 g/mol. The number of likely N-dealkylation sites (tertiary alicyclic amines) is 1. The van der Waals surface area contributed by atoms with Gasteiger partial charge < -0.3 is 10.2 Å². The number of aryl methyl sites for hydroxylation is 1. The number of fused-ring (bicyclic) bond motifs is 2. The molecule has 2 unspecified atom stereocenters. The Labute approximate surface area is 128 Å². The molecule has 2 atom stereocenters. The van der Waals surface area contributed by atoms with Crippen molar-refractivity contribution in [3.05, 3.63) is 34.7 Å². The van der Waals surface area contributed by atoms with Gasteiger partial charge in [0.15, 0.2) is 0 Å². The molecule has 4 rings (SSSR count). The van der Waals surface area contributed by atoms with Crippen LogP contribution in [-0.2, 0) is 6.54 Å². The number of hydrogen-bond donors (Lipinski definition) is 2. The molecule has 1 saturated heterocycles. The second-order valence-corrected chi connectivity index (χ2v) is 7.85. The lowest BCUT2D eigenvalue weighted by Gasteiger charge is -2.24. The summed E-state index contributed by atoms with van der Waals surface area (Å²) >= 11 is 1.88.